The van der Waals surface area contributed by atoms with Crippen molar-refractivity contribution < 1.29 is 4.74 Å². The largest absolute Gasteiger partial charge is 0.385 e. The molecule has 0 fully saturated rings. The van der Waals surface area contributed by atoms with Gasteiger partial charge in [0.05, 0.1) is 0 Å². The summed E-state index contributed by atoms with van der Waals surface area (Å²) in [6, 6.07) is 11.7. The van der Waals surface area contributed by atoms with Gasteiger partial charge in [-0.05, 0) is 37.8 Å². The molecule has 3 heteroatoms. The van der Waals surface area contributed by atoms with E-state index in [0.29, 0.717) is 12.1 Å². The van der Waals surface area contributed by atoms with Crippen LogP contribution in [0.1, 0.15) is 31.2 Å². The molecule has 2 aromatic rings. The van der Waals surface area contributed by atoms with Gasteiger partial charge in [0.1, 0.15) is 0 Å². The maximum atomic E-state index is 5.11. The maximum Gasteiger partial charge on any atom is 0.0476 e. The molecule has 0 saturated heterocycles. The van der Waals surface area contributed by atoms with E-state index in [0.717, 1.165) is 13.0 Å². The van der Waals surface area contributed by atoms with Crippen molar-refractivity contribution >= 4 is 21.4 Å². The number of hydrogen-bond acceptors (Lipinski definition) is 3. The van der Waals surface area contributed by atoms with Crippen LogP contribution in [0.4, 0.5) is 0 Å². The minimum Gasteiger partial charge on any atom is -0.385 e. The molecule has 2 rings (SSSR count). The van der Waals surface area contributed by atoms with E-state index in [2.05, 4.69) is 49.5 Å². The van der Waals surface area contributed by atoms with E-state index < -0.39 is 0 Å². The first-order valence-corrected chi connectivity index (χ1v) is 7.26. The molecular weight excluding hydrogens is 242 g/mol. The van der Waals surface area contributed by atoms with Crippen LogP contribution in [0.25, 0.3) is 10.1 Å². The summed E-state index contributed by atoms with van der Waals surface area (Å²) < 4.78 is 6.48. The Morgan fingerprint density at radius 1 is 1.28 bits per heavy atom. The zero-order chi connectivity index (χ0) is 13.0. The van der Waals surface area contributed by atoms with Crippen LogP contribution in [0, 0.1) is 0 Å². The lowest BCUT2D eigenvalue weighted by Crippen LogP contribution is -2.29. The molecule has 0 saturated carbocycles. The minimum absolute atomic E-state index is 0.397. The van der Waals surface area contributed by atoms with Gasteiger partial charge in [-0.3, -0.25) is 0 Å². The van der Waals surface area contributed by atoms with Gasteiger partial charge in [-0.15, -0.1) is 11.3 Å². The molecule has 1 aromatic heterocycles. The number of hydrogen-bond donors (Lipinski definition) is 1. The van der Waals surface area contributed by atoms with Crippen molar-refractivity contribution in [3.05, 3.63) is 35.2 Å². The van der Waals surface area contributed by atoms with Crippen LogP contribution in [0.3, 0.4) is 0 Å². The van der Waals surface area contributed by atoms with Crippen molar-refractivity contribution in [2.75, 3.05) is 13.7 Å². The first kappa shape index (κ1) is 13.5. The molecule has 0 radical (unpaired) electrons. The molecule has 98 valence electrons. The number of methoxy groups -OCH3 is 1. The third-order valence-electron chi connectivity index (χ3n) is 3.16. The maximum absolute atomic E-state index is 5.11. The zero-order valence-corrected chi connectivity index (χ0v) is 12.1. The Morgan fingerprint density at radius 2 is 2.06 bits per heavy atom. The van der Waals surface area contributed by atoms with Gasteiger partial charge in [-0.25, -0.2) is 0 Å². The Hall–Kier alpha value is -0.900. The van der Waals surface area contributed by atoms with Crippen molar-refractivity contribution in [2.45, 2.75) is 32.4 Å². The van der Waals surface area contributed by atoms with Gasteiger partial charge >= 0.3 is 0 Å². The van der Waals surface area contributed by atoms with Crippen LogP contribution in [0.15, 0.2) is 30.3 Å². The zero-order valence-electron chi connectivity index (χ0n) is 11.3. The molecule has 18 heavy (non-hydrogen) atoms. The number of ether oxygens (including phenoxy) is 1. The lowest BCUT2D eigenvalue weighted by Gasteiger charge is -2.18. The number of benzene rings is 1. The van der Waals surface area contributed by atoms with E-state index in [1.807, 2.05) is 11.3 Å². The fourth-order valence-electron chi connectivity index (χ4n) is 2.10. The molecule has 0 aliphatic rings. The second kappa shape index (κ2) is 6.32. The number of nitrogens with one attached hydrogen (secondary N) is 1. The van der Waals surface area contributed by atoms with E-state index in [1.165, 1.54) is 15.0 Å². The molecule has 1 heterocycles. The lowest BCUT2D eigenvalue weighted by molar-refractivity contribution is 0.183. The summed E-state index contributed by atoms with van der Waals surface area (Å²) in [5, 5.41) is 4.97. The smallest absolute Gasteiger partial charge is 0.0476 e. The van der Waals surface area contributed by atoms with Gasteiger partial charge in [0.2, 0.25) is 0 Å². The third-order valence-corrected chi connectivity index (χ3v) is 4.46. The molecule has 1 N–H and O–H groups in total. The van der Waals surface area contributed by atoms with Gasteiger partial charge in [-0.1, -0.05) is 18.2 Å². The van der Waals surface area contributed by atoms with Gasteiger partial charge in [-0.2, -0.15) is 0 Å². The monoisotopic (exact) mass is 263 g/mol. The summed E-state index contributed by atoms with van der Waals surface area (Å²) in [5.74, 6) is 0. The van der Waals surface area contributed by atoms with Crippen molar-refractivity contribution in [3.63, 3.8) is 0 Å². The van der Waals surface area contributed by atoms with Gasteiger partial charge in [0.25, 0.3) is 0 Å². The predicted octanol–water partition coefficient (Wildman–Crippen LogP) is 3.98. The second-order valence-corrected chi connectivity index (χ2v) is 5.87. The highest BCUT2D eigenvalue weighted by molar-refractivity contribution is 7.19. The molecule has 2 nitrogen and oxygen atoms in total. The van der Waals surface area contributed by atoms with Crippen molar-refractivity contribution in [1.82, 2.24) is 5.32 Å². The minimum atomic E-state index is 0.397. The summed E-state index contributed by atoms with van der Waals surface area (Å²) >= 11 is 1.88. The van der Waals surface area contributed by atoms with Crippen molar-refractivity contribution in [1.29, 1.82) is 0 Å². The fourth-order valence-corrected chi connectivity index (χ4v) is 3.18. The SMILES string of the molecule is COCCC(C)NC(C)c1cc2ccccc2s1. The summed E-state index contributed by atoms with van der Waals surface area (Å²) in [5.41, 5.74) is 0. The number of thiophene rings is 1. The van der Waals surface area contributed by atoms with Crippen LogP contribution in [0.2, 0.25) is 0 Å². The van der Waals surface area contributed by atoms with E-state index in [1.54, 1.807) is 7.11 Å². The van der Waals surface area contributed by atoms with Crippen molar-refractivity contribution in [3.8, 4) is 0 Å². The highest BCUT2D eigenvalue weighted by atomic mass is 32.1. The first-order valence-electron chi connectivity index (χ1n) is 6.44. The normalized spacial score (nSPS) is 14.8. The average molecular weight is 263 g/mol. The summed E-state index contributed by atoms with van der Waals surface area (Å²) in [7, 11) is 1.75. The van der Waals surface area contributed by atoms with Crippen molar-refractivity contribution in [2.24, 2.45) is 0 Å². The topological polar surface area (TPSA) is 21.3 Å². The molecule has 0 bridgehead atoms. The van der Waals surface area contributed by atoms with E-state index in [4.69, 9.17) is 4.74 Å². The van der Waals surface area contributed by atoms with Crippen LogP contribution in [-0.4, -0.2) is 19.8 Å². The molecule has 0 aliphatic carbocycles. The summed E-state index contributed by atoms with van der Waals surface area (Å²) in [6.07, 6.45) is 1.05. The molecule has 1 aromatic carbocycles. The molecule has 2 atom stereocenters. The Morgan fingerprint density at radius 3 is 2.78 bits per heavy atom. The Bertz CT molecular complexity index is 461. The molecule has 2 unspecified atom stereocenters. The average Bonchev–Trinajstić information content (AvgIpc) is 2.80. The van der Waals surface area contributed by atoms with E-state index in [9.17, 15) is 0 Å². The molecule has 0 spiro atoms. The van der Waals surface area contributed by atoms with Crippen LogP contribution < -0.4 is 5.32 Å². The lowest BCUT2D eigenvalue weighted by atomic mass is 10.2. The third kappa shape index (κ3) is 3.31. The fraction of sp³-hybridized carbons (Fsp3) is 0.467. The van der Waals surface area contributed by atoms with E-state index >= 15 is 0 Å². The first-order chi connectivity index (χ1) is 8.70. The van der Waals surface area contributed by atoms with Gasteiger partial charge in [0.15, 0.2) is 0 Å². The van der Waals surface area contributed by atoms with Crippen LogP contribution in [0.5, 0.6) is 0 Å². The highest BCUT2D eigenvalue weighted by Gasteiger charge is 2.12. The standard InChI is InChI=1S/C15H21NOS/c1-11(8-9-17-3)16-12(2)15-10-13-6-4-5-7-14(13)18-15/h4-7,10-12,16H,8-9H2,1-3H3. The predicted molar refractivity (Wildman–Crippen MR) is 79.3 cm³/mol. The molecular formula is C15H21NOS. The van der Waals surface area contributed by atoms with Crippen LogP contribution >= 0.6 is 11.3 Å². The van der Waals surface area contributed by atoms with Crippen LogP contribution in [-0.2, 0) is 4.74 Å². The summed E-state index contributed by atoms with van der Waals surface area (Å²) in [6.45, 7) is 5.25. The van der Waals surface area contributed by atoms with Gasteiger partial charge in [0, 0.05) is 35.4 Å². The molecule has 0 amide bonds. The molecule has 0 aliphatic heterocycles. The highest BCUT2D eigenvalue weighted by Crippen LogP contribution is 2.29. The summed E-state index contributed by atoms with van der Waals surface area (Å²) in [4.78, 5) is 1.40. The number of rotatable bonds is 6. The number of fused-ring (bicyclic) bond motifs is 1. The Kier molecular flexibility index (Phi) is 4.75. The van der Waals surface area contributed by atoms with E-state index in [-0.39, 0.29) is 0 Å². The second-order valence-electron chi connectivity index (χ2n) is 4.76. The van der Waals surface area contributed by atoms with Gasteiger partial charge < -0.3 is 10.1 Å². The quantitative estimate of drug-likeness (QED) is 0.851. The Labute approximate surface area is 113 Å². The Balaban J connectivity index is 2.01.